The van der Waals surface area contributed by atoms with Crippen molar-refractivity contribution >= 4 is 17.8 Å². The lowest BCUT2D eigenvalue weighted by molar-refractivity contribution is -0.155. The summed E-state index contributed by atoms with van der Waals surface area (Å²) in [6.07, 6.45) is 4.96. The molecule has 0 bridgehead atoms. The first kappa shape index (κ1) is 14.5. The molecular formula is C17H17NO4. The Morgan fingerprint density at radius 2 is 1.64 bits per heavy atom. The first-order chi connectivity index (χ1) is 10.6. The highest BCUT2D eigenvalue weighted by molar-refractivity contribution is 6.08. The van der Waals surface area contributed by atoms with Gasteiger partial charge in [0, 0.05) is 6.42 Å². The molecule has 5 nitrogen and oxygen atoms in total. The van der Waals surface area contributed by atoms with Crippen LogP contribution in [0.25, 0.3) is 0 Å². The maximum absolute atomic E-state index is 12.5. The maximum Gasteiger partial charge on any atom is 0.327 e. The highest BCUT2D eigenvalue weighted by atomic mass is 16.4. The number of amides is 2. The van der Waals surface area contributed by atoms with Gasteiger partial charge in [-0.25, -0.2) is 4.79 Å². The van der Waals surface area contributed by atoms with Gasteiger partial charge in [-0.15, -0.1) is 0 Å². The van der Waals surface area contributed by atoms with Crippen LogP contribution >= 0.6 is 0 Å². The molecule has 22 heavy (non-hydrogen) atoms. The molecule has 3 unspecified atom stereocenters. The van der Waals surface area contributed by atoms with Gasteiger partial charge in [0.1, 0.15) is 6.04 Å². The summed E-state index contributed by atoms with van der Waals surface area (Å²) in [4.78, 5) is 37.6. The van der Waals surface area contributed by atoms with Crippen LogP contribution in [0, 0.1) is 11.8 Å². The Kier molecular flexibility index (Phi) is 3.79. The van der Waals surface area contributed by atoms with Gasteiger partial charge in [0.25, 0.3) is 0 Å². The van der Waals surface area contributed by atoms with E-state index in [1.807, 2.05) is 30.4 Å². The molecule has 0 aromatic heterocycles. The number of likely N-dealkylation sites (tertiary alicyclic amines) is 1. The lowest BCUT2D eigenvalue weighted by atomic mass is 9.85. The van der Waals surface area contributed by atoms with Crippen LogP contribution in [0.3, 0.4) is 0 Å². The summed E-state index contributed by atoms with van der Waals surface area (Å²) in [6.45, 7) is 0. The van der Waals surface area contributed by atoms with E-state index >= 15 is 0 Å². The van der Waals surface area contributed by atoms with Gasteiger partial charge >= 0.3 is 5.97 Å². The zero-order chi connectivity index (χ0) is 15.7. The summed E-state index contributed by atoms with van der Waals surface area (Å²) in [5.74, 6) is -2.62. The summed E-state index contributed by atoms with van der Waals surface area (Å²) in [5.41, 5.74) is 0.795. The molecular weight excluding hydrogens is 282 g/mol. The lowest BCUT2D eigenvalue weighted by Gasteiger charge is -2.23. The van der Waals surface area contributed by atoms with Crippen LogP contribution in [0.5, 0.6) is 0 Å². The van der Waals surface area contributed by atoms with E-state index in [4.69, 9.17) is 0 Å². The van der Waals surface area contributed by atoms with E-state index in [1.54, 1.807) is 12.1 Å². The summed E-state index contributed by atoms with van der Waals surface area (Å²) in [5, 5.41) is 9.50. The molecule has 1 aliphatic carbocycles. The predicted molar refractivity (Wildman–Crippen MR) is 78.8 cm³/mol. The fourth-order valence-electron chi connectivity index (χ4n) is 3.26. The molecule has 1 N–H and O–H groups in total. The number of fused-ring (bicyclic) bond motifs is 1. The minimum atomic E-state index is -1.14. The average Bonchev–Trinajstić information content (AvgIpc) is 2.78. The number of carbonyl (C=O) groups is 3. The molecule has 1 aromatic rings. The van der Waals surface area contributed by atoms with Crippen molar-refractivity contribution in [2.75, 3.05) is 0 Å². The van der Waals surface area contributed by atoms with Gasteiger partial charge in [-0.2, -0.15) is 0 Å². The van der Waals surface area contributed by atoms with E-state index in [9.17, 15) is 19.5 Å². The minimum Gasteiger partial charge on any atom is -0.480 e. The molecule has 1 aromatic carbocycles. The van der Waals surface area contributed by atoms with E-state index in [1.165, 1.54) is 0 Å². The lowest BCUT2D eigenvalue weighted by Crippen LogP contribution is -2.46. The van der Waals surface area contributed by atoms with Crippen molar-refractivity contribution in [1.29, 1.82) is 0 Å². The fraction of sp³-hybridized carbons (Fsp3) is 0.353. The Labute approximate surface area is 128 Å². The molecule has 1 aliphatic heterocycles. The number of hydrogen-bond donors (Lipinski definition) is 1. The van der Waals surface area contributed by atoms with Crippen molar-refractivity contribution in [1.82, 2.24) is 4.90 Å². The first-order valence-corrected chi connectivity index (χ1v) is 7.38. The zero-order valence-corrected chi connectivity index (χ0v) is 12.0. The van der Waals surface area contributed by atoms with Crippen LogP contribution in [0.4, 0.5) is 0 Å². The quantitative estimate of drug-likeness (QED) is 0.677. The summed E-state index contributed by atoms with van der Waals surface area (Å²) < 4.78 is 0. The first-order valence-electron chi connectivity index (χ1n) is 7.38. The predicted octanol–water partition coefficient (Wildman–Crippen LogP) is 1.63. The van der Waals surface area contributed by atoms with Crippen molar-refractivity contribution in [2.45, 2.75) is 25.3 Å². The molecule has 5 heteroatoms. The molecule has 2 amide bonds. The number of carbonyl (C=O) groups excluding carboxylic acids is 2. The number of rotatable bonds is 4. The van der Waals surface area contributed by atoms with Crippen LogP contribution in [0.2, 0.25) is 0 Å². The second-order valence-electron chi connectivity index (χ2n) is 5.75. The number of hydrogen-bond acceptors (Lipinski definition) is 3. The Morgan fingerprint density at radius 1 is 1.09 bits per heavy atom. The molecule has 0 saturated carbocycles. The molecule has 0 spiro atoms. The number of benzene rings is 1. The van der Waals surface area contributed by atoms with Crippen LogP contribution in [-0.2, 0) is 20.8 Å². The molecule has 0 radical (unpaired) electrons. The maximum atomic E-state index is 12.5. The number of allylic oxidation sites excluding steroid dienone is 2. The summed E-state index contributed by atoms with van der Waals surface area (Å²) >= 11 is 0. The normalized spacial score (nSPS) is 25.2. The Balaban J connectivity index is 1.87. The van der Waals surface area contributed by atoms with Gasteiger partial charge in [0.05, 0.1) is 11.8 Å². The molecule has 2 aliphatic rings. The van der Waals surface area contributed by atoms with Gasteiger partial charge in [-0.1, -0.05) is 42.5 Å². The fourth-order valence-corrected chi connectivity index (χ4v) is 3.26. The van der Waals surface area contributed by atoms with E-state index in [-0.39, 0.29) is 18.2 Å². The Morgan fingerprint density at radius 3 is 2.14 bits per heavy atom. The molecule has 1 fully saturated rings. The van der Waals surface area contributed by atoms with Crippen LogP contribution < -0.4 is 0 Å². The van der Waals surface area contributed by atoms with Crippen molar-refractivity contribution in [3.8, 4) is 0 Å². The SMILES string of the molecule is O=C(O)C(Cc1ccccc1)N1C(=O)C2CC=CCC2C1=O. The minimum absolute atomic E-state index is 0.139. The summed E-state index contributed by atoms with van der Waals surface area (Å²) in [7, 11) is 0. The van der Waals surface area contributed by atoms with E-state index in [0.29, 0.717) is 12.8 Å². The number of nitrogens with zero attached hydrogens (tertiary/aromatic N) is 1. The summed E-state index contributed by atoms with van der Waals surface area (Å²) in [6, 6.07) is 7.93. The number of carboxylic acid groups (broad SMARTS) is 1. The zero-order valence-electron chi connectivity index (χ0n) is 12.0. The van der Waals surface area contributed by atoms with Crippen molar-refractivity contribution < 1.29 is 19.5 Å². The van der Waals surface area contributed by atoms with Crippen molar-refractivity contribution in [3.63, 3.8) is 0 Å². The molecule has 114 valence electrons. The van der Waals surface area contributed by atoms with Crippen molar-refractivity contribution in [2.24, 2.45) is 11.8 Å². The number of carboxylic acids is 1. The van der Waals surface area contributed by atoms with Gasteiger partial charge in [0.15, 0.2) is 0 Å². The molecule has 1 heterocycles. The van der Waals surface area contributed by atoms with Gasteiger partial charge in [0.2, 0.25) is 11.8 Å². The van der Waals surface area contributed by atoms with Gasteiger partial charge in [-0.05, 0) is 18.4 Å². The molecule has 3 atom stereocenters. The smallest absolute Gasteiger partial charge is 0.327 e. The largest absolute Gasteiger partial charge is 0.480 e. The Bertz CT molecular complexity index is 611. The highest BCUT2D eigenvalue weighted by Crippen LogP contribution is 2.36. The number of aliphatic carboxylic acids is 1. The van der Waals surface area contributed by atoms with E-state index in [2.05, 4.69) is 0 Å². The average molecular weight is 299 g/mol. The molecule has 3 rings (SSSR count). The third-order valence-electron chi connectivity index (χ3n) is 4.41. The second kappa shape index (κ2) is 5.75. The van der Waals surface area contributed by atoms with Crippen molar-refractivity contribution in [3.05, 3.63) is 48.0 Å². The van der Waals surface area contributed by atoms with Gasteiger partial charge < -0.3 is 5.11 Å². The monoisotopic (exact) mass is 299 g/mol. The van der Waals surface area contributed by atoms with E-state index < -0.39 is 23.8 Å². The highest BCUT2D eigenvalue weighted by Gasteiger charge is 2.51. The van der Waals surface area contributed by atoms with Crippen LogP contribution in [0.1, 0.15) is 18.4 Å². The molecule has 1 saturated heterocycles. The van der Waals surface area contributed by atoms with E-state index in [0.717, 1.165) is 10.5 Å². The third kappa shape index (κ3) is 2.43. The van der Waals surface area contributed by atoms with Crippen LogP contribution in [-0.4, -0.2) is 33.8 Å². The van der Waals surface area contributed by atoms with Crippen LogP contribution in [0.15, 0.2) is 42.5 Å². The topological polar surface area (TPSA) is 74.7 Å². The van der Waals surface area contributed by atoms with Gasteiger partial charge in [-0.3, -0.25) is 14.5 Å². The third-order valence-corrected chi connectivity index (χ3v) is 4.41. The number of imide groups is 1. The standard InChI is InChI=1S/C17H17NO4/c19-15-12-8-4-5-9-13(12)16(20)18(15)14(17(21)22)10-11-6-2-1-3-7-11/h1-7,12-14H,8-10H2,(H,21,22). The second-order valence-corrected chi connectivity index (χ2v) is 5.75. The Hall–Kier alpha value is -2.43.